The molecule has 0 radical (unpaired) electrons. The molecule has 0 aliphatic carbocycles. The number of aliphatic imine (C=N–C) groups is 2. The number of nitrogens with zero attached hydrogens (tertiary/aromatic N) is 2. The van der Waals surface area contributed by atoms with E-state index in [0.717, 1.165) is 63.2 Å². The molecule has 33 heavy (non-hydrogen) atoms. The smallest absolute Gasteiger partial charge is 0.185 e. The van der Waals surface area contributed by atoms with Gasteiger partial charge in [-0.1, -0.05) is 43.5 Å². The molecule has 0 heterocycles. The van der Waals surface area contributed by atoms with Crippen molar-refractivity contribution in [3.05, 3.63) is 59.7 Å². The molecule has 0 aromatic heterocycles. The van der Waals surface area contributed by atoms with Gasteiger partial charge in [-0.15, -0.1) is 0 Å². The van der Waals surface area contributed by atoms with Crippen LogP contribution in [-0.4, -0.2) is 38.2 Å². The number of benzene rings is 2. The van der Waals surface area contributed by atoms with E-state index in [1.54, 1.807) is 0 Å². The van der Waals surface area contributed by atoms with Crippen molar-refractivity contribution in [1.82, 2.24) is 0 Å². The minimum absolute atomic E-state index is 0.130. The van der Waals surface area contributed by atoms with Gasteiger partial charge in [-0.05, 0) is 61.1 Å². The second-order valence-electron chi connectivity index (χ2n) is 7.87. The molecule has 0 saturated carbocycles. The molecular weight excluding hydrogens is 416 g/mol. The van der Waals surface area contributed by atoms with Gasteiger partial charge >= 0.3 is 0 Å². The van der Waals surface area contributed by atoms with E-state index in [9.17, 15) is 0 Å². The normalized spacial score (nSPS) is 10.4. The van der Waals surface area contributed by atoms with Gasteiger partial charge in [0.15, 0.2) is 11.9 Å². The fourth-order valence-electron chi connectivity index (χ4n) is 3.25. The number of nitrogens with two attached hydrogens (primary N) is 4. The molecule has 0 fully saturated rings. The van der Waals surface area contributed by atoms with E-state index < -0.39 is 0 Å². The molecule has 0 aliphatic heterocycles. The number of unbranched alkanes of at least 4 members (excludes halogenated alkanes) is 4. The summed E-state index contributed by atoms with van der Waals surface area (Å²) in [6, 6.07) is 16.2. The zero-order valence-electron chi connectivity index (χ0n) is 19.4. The fraction of sp³-hybridized carbons (Fsp3) is 0.440. The number of hydrogen-bond acceptors (Lipinski definition) is 4. The van der Waals surface area contributed by atoms with Crippen molar-refractivity contribution in [2.75, 3.05) is 26.3 Å². The van der Waals surface area contributed by atoms with Crippen LogP contribution in [0.3, 0.4) is 0 Å². The molecule has 0 saturated heterocycles. The lowest BCUT2D eigenvalue weighted by Gasteiger charge is -2.08. The minimum Gasteiger partial charge on any atom is -0.494 e. The Labute approximate surface area is 197 Å². The summed E-state index contributed by atoms with van der Waals surface area (Å²) < 4.78 is 11.6. The number of rotatable bonds is 16. The zero-order valence-corrected chi connectivity index (χ0v) is 19.4. The van der Waals surface area contributed by atoms with Crippen molar-refractivity contribution in [2.45, 2.75) is 44.9 Å². The van der Waals surface area contributed by atoms with Crippen LogP contribution in [0.2, 0.25) is 0 Å². The van der Waals surface area contributed by atoms with Gasteiger partial charge in [0.25, 0.3) is 0 Å². The summed E-state index contributed by atoms with van der Waals surface area (Å²) >= 11 is 0. The van der Waals surface area contributed by atoms with Gasteiger partial charge < -0.3 is 32.4 Å². The molecule has 8 N–H and O–H groups in total. The van der Waals surface area contributed by atoms with Gasteiger partial charge in [-0.3, -0.25) is 9.98 Å². The highest BCUT2D eigenvalue weighted by molar-refractivity contribution is 5.75. The summed E-state index contributed by atoms with van der Waals surface area (Å²) in [7, 11) is 0. The molecule has 2 rings (SSSR count). The molecule has 0 spiro atoms. The van der Waals surface area contributed by atoms with Gasteiger partial charge in [-0.25, -0.2) is 0 Å². The van der Waals surface area contributed by atoms with Crippen LogP contribution >= 0.6 is 0 Å². The summed E-state index contributed by atoms with van der Waals surface area (Å²) in [5, 5.41) is 0. The number of hydrogen-bond donors (Lipinski definition) is 4. The van der Waals surface area contributed by atoms with E-state index in [-0.39, 0.29) is 11.9 Å². The summed E-state index contributed by atoms with van der Waals surface area (Å²) in [6.07, 6.45) is 7.22. The Bertz CT molecular complexity index is 771. The Morgan fingerprint density at radius 2 is 0.909 bits per heavy atom. The predicted octanol–water partition coefficient (Wildman–Crippen LogP) is 2.73. The Kier molecular flexibility index (Phi) is 12.1. The summed E-state index contributed by atoms with van der Waals surface area (Å²) in [5.74, 6) is 2.06. The lowest BCUT2D eigenvalue weighted by Crippen LogP contribution is -2.23. The third kappa shape index (κ3) is 12.3. The Balaban J connectivity index is 1.47. The van der Waals surface area contributed by atoms with Gasteiger partial charge in [0.1, 0.15) is 11.5 Å². The standard InChI is InChI=1S/C25H38N6O2/c26-24(27)30-16-14-20-6-10-22(11-7-20)32-18-4-2-1-3-5-19-33-23-12-8-21(9-13-23)15-17-31-25(28)29/h6-13H,1-5,14-19H2,(H4,26,27,30)(H4,28,29,31). The summed E-state index contributed by atoms with van der Waals surface area (Å²) in [4.78, 5) is 7.99. The molecule has 0 bridgehead atoms. The van der Waals surface area contributed by atoms with Crippen molar-refractivity contribution in [3.8, 4) is 11.5 Å². The average Bonchev–Trinajstić information content (AvgIpc) is 2.79. The van der Waals surface area contributed by atoms with Crippen molar-refractivity contribution in [1.29, 1.82) is 0 Å². The molecule has 0 atom stereocenters. The van der Waals surface area contributed by atoms with Crippen molar-refractivity contribution < 1.29 is 9.47 Å². The first-order valence-corrected chi connectivity index (χ1v) is 11.6. The third-order valence-corrected chi connectivity index (χ3v) is 5.06. The van der Waals surface area contributed by atoms with Crippen LogP contribution in [0.25, 0.3) is 0 Å². The molecule has 2 aromatic rings. The fourth-order valence-corrected chi connectivity index (χ4v) is 3.25. The van der Waals surface area contributed by atoms with Gasteiger partial charge in [0.2, 0.25) is 0 Å². The van der Waals surface area contributed by atoms with Crippen LogP contribution in [0, 0.1) is 0 Å². The maximum Gasteiger partial charge on any atom is 0.185 e. The summed E-state index contributed by atoms with van der Waals surface area (Å²) in [6.45, 7) is 2.67. The lowest BCUT2D eigenvalue weighted by atomic mass is 10.1. The van der Waals surface area contributed by atoms with E-state index >= 15 is 0 Å². The van der Waals surface area contributed by atoms with Crippen LogP contribution in [0.1, 0.15) is 43.2 Å². The van der Waals surface area contributed by atoms with Crippen LogP contribution in [0.5, 0.6) is 11.5 Å². The van der Waals surface area contributed by atoms with Gasteiger partial charge in [0, 0.05) is 13.1 Å². The number of ether oxygens (including phenoxy) is 2. The first kappa shape index (κ1) is 25.8. The quantitative estimate of drug-likeness (QED) is 0.174. The first-order valence-electron chi connectivity index (χ1n) is 11.6. The second kappa shape index (κ2) is 15.4. The van der Waals surface area contributed by atoms with E-state index in [1.165, 1.54) is 17.5 Å². The Hall–Kier alpha value is -3.42. The first-order chi connectivity index (χ1) is 16.0. The monoisotopic (exact) mass is 454 g/mol. The maximum atomic E-state index is 5.82. The van der Waals surface area contributed by atoms with Crippen LogP contribution in [-0.2, 0) is 12.8 Å². The Morgan fingerprint density at radius 3 is 1.27 bits per heavy atom. The highest BCUT2D eigenvalue weighted by atomic mass is 16.5. The summed E-state index contributed by atoms with van der Waals surface area (Å²) in [5.41, 5.74) is 23.7. The molecule has 0 amide bonds. The van der Waals surface area contributed by atoms with Gasteiger partial charge in [-0.2, -0.15) is 0 Å². The molecule has 2 aromatic carbocycles. The van der Waals surface area contributed by atoms with Crippen molar-refractivity contribution >= 4 is 11.9 Å². The van der Waals surface area contributed by atoms with Crippen molar-refractivity contribution in [2.24, 2.45) is 32.9 Å². The van der Waals surface area contributed by atoms with E-state index in [2.05, 4.69) is 34.3 Å². The van der Waals surface area contributed by atoms with Crippen LogP contribution < -0.4 is 32.4 Å². The highest BCUT2D eigenvalue weighted by Crippen LogP contribution is 2.15. The zero-order chi connectivity index (χ0) is 23.7. The van der Waals surface area contributed by atoms with Crippen molar-refractivity contribution in [3.63, 3.8) is 0 Å². The number of guanidine groups is 2. The third-order valence-electron chi connectivity index (χ3n) is 5.06. The Morgan fingerprint density at radius 1 is 0.545 bits per heavy atom. The minimum atomic E-state index is 0.130. The SMILES string of the molecule is NC(N)=NCCc1ccc(OCCCCCCCOc2ccc(CCN=C(N)N)cc2)cc1. The van der Waals surface area contributed by atoms with Crippen LogP contribution in [0.4, 0.5) is 0 Å². The molecular formula is C25H38N6O2. The van der Waals surface area contributed by atoms with E-state index in [4.69, 9.17) is 32.4 Å². The maximum absolute atomic E-state index is 5.82. The molecule has 180 valence electrons. The van der Waals surface area contributed by atoms with Crippen LogP contribution in [0.15, 0.2) is 58.5 Å². The molecule has 8 heteroatoms. The second-order valence-corrected chi connectivity index (χ2v) is 7.87. The van der Waals surface area contributed by atoms with E-state index in [0.29, 0.717) is 13.1 Å². The topological polar surface area (TPSA) is 147 Å². The van der Waals surface area contributed by atoms with Gasteiger partial charge in [0.05, 0.1) is 13.2 Å². The lowest BCUT2D eigenvalue weighted by molar-refractivity contribution is 0.293. The average molecular weight is 455 g/mol. The predicted molar refractivity (Wildman–Crippen MR) is 136 cm³/mol. The molecule has 0 unspecified atom stereocenters. The highest BCUT2D eigenvalue weighted by Gasteiger charge is 1.99. The molecule has 8 nitrogen and oxygen atoms in total. The largest absolute Gasteiger partial charge is 0.494 e. The van der Waals surface area contributed by atoms with E-state index in [1.807, 2.05) is 24.3 Å². The molecule has 0 aliphatic rings.